The Morgan fingerprint density at radius 3 is 3.00 bits per heavy atom. The first kappa shape index (κ1) is 9.84. The Balaban J connectivity index is 2.85. The topological polar surface area (TPSA) is 46.5 Å². The van der Waals surface area contributed by atoms with E-state index >= 15 is 0 Å². The fourth-order valence-electron chi connectivity index (χ4n) is 1.36. The van der Waals surface area contributed by atoms with Crippen LogP contribution in [0.15, 0.2) is 23.5 Å². The minimum Gasteiger partial charge on any atom is -0.507 e. The van der Waals surface area contributed by atoms with Gasteiger partial charge in [0.25, 0.3) is 0 Å². The van der Waals surface area contributed by atoms with Gasteiger partial charge in [0.2, 0.25) is 0 Å². The number of rotatable bonds is 2. The Kier molecular flexibility index (Phi) is 3.12. The maximum Gasteiger partial charge on any atom is 0.338 e. The molecule has 1 N–H and O–H groups in total. The molecule has 13 heavy (non-hydrogen) atoms. The summed E-state index contributed by atoms with van der Waals surface area (Å²) in [6, 6.07) is 0. The number of ether oxygens (including phenoxy) is 1. The van der Waals surface area contributed by atoms with E-state index in [1.54, 1.807) is 13.0 Å². The fourth-order valence-corrected chi connectivity index (χ4v) is 1.36. The Morgan fingerprint density at radius 2 is 2.46 bits per heavy atom. The van der Waals surface area contributed by atoms with Crippen molar-refractivity contribution in [1.29, 1.82) is 0 Å². The van der Waals surface area contributed by atoms with Crippen molar-refractivity contribution in [1.82, 2.24) is 0 Å². The third-order valence-corrected chi connectivity index (χ3v) is 2.03. The number of esters is 1. The number of hydrogen-bond donors (Lipinski definition) is 1. The lowest BCUT2D eigenvalue weighted by Gasteiger charge is -2.17. The van der Waals surface area contributed by atoms with Crippen LogP contribution in [0, 0.1) is 5.92 Å². The molecular formula is C10H14O3. The van der Waals surface area contributed by atoms with E-state index in [1.807, 2.05) is 13.0 Å². The Labute approximate surface area is 77.7 Å². The number of aliphatic hydroxyl groups is 1. The zero-order valence-corrected chi connectivity index (χ0v) is 7.91. The second-order valence-electron chi connectivity index (χ2n) is 3.06. The van der Waals surface area contributed by atoms with Crippen LogP contribution in [0.3, 0.4) is 0 Å². The second kappa shape index (κ2) is 4.12. The van der Waals surface area contributed by atoms with Crippen LogP contribution in [0.5, 0.6) is 0 Å². The summed E-state index contributed by atoms with van der Waals surface area (Å²) in [5.74, 6) is -0.321. The number of aliphatic hydroxyl groups excluding tert-OH is 1. The van der Waals surface area contributed by atoms with Crippen molar-refractivity contribution in [3.63, 3.8) is 0 Å². The van der Waals surface area contributed by atoms with Gasteiger partial charge in [-0.25, -0.2) is 4.79 Å². The molecule has 0 radical (unpaired) electrons. The summed E-state index contributed by atoms with van der Waals surface area (Å²) in [5.41, 5.74) is 0.393. The van der Waals surface area contributed by atoms with Crippen molar-refractivity contribution in [2.45, 2.75) is 20.3 Å². The SMILES string of the molecule is CCOC(=O)C1=C(O)C=CCC1C. The standard InChI is InChI=1S/C10H14O3/c1-3-13-10(12)9-7(2)5-4-6-8(9)11/h4,6-7,11H,3,5H2,1-2H3. The van der Waals surface area contributed by atoms with Gasteiger partial charge in [-0.3, -0.25) is 0 Å². The van der Waals surface area contributed by atoms with Crippen molar-refractivity contribution in [2.24, 2.45) is 5.92 Å². The molecule has 1 atom stereocenters. The quantitative estimate of drug-likeness (QED) is 0.664. The van der Waals surface area contributed by atoms with Crippen molar-refractivity contribution < 1.29 is 14.6 Å². The highest BCUT2D eigenvalue weighted by atomic mass is 16.5. The van der Waals surface area contributed by atoms with Gasteiger partial charge in [0.15, 0.2) is 0 Å². The van der Waals surface area contributed by atoms with Gasteiger partial charge in [-0.1, -0.05) is 13.0 Å². The Hall–Kier alpha value is -1.25. The van der Waals surface area contributed by atoms with E-state index < -0.39 is 5.97 Å². The van der Waals surface area contributed by atoms with Gasteiger partial charge in [-0.2, -0.15) is 0 Å². The molecule has 3 heteroatoms. The van der Waals surface area contributed by atoms with Gasteiger partial charge in [0.05, 0.1) is 12.2 Å². The molecule has 0 heterocycles. The van der Waals surface area contributed by atoms with Crippen LogP contribution < -0.4 is 0 Å². The smallest absolute Gasteiger partial charge is 0.338 e. The molecule has 0 aromatic rings. The normalized spacial score (nSPS) is 21.8. The second-order valence-corrected chi connectivity index (χ2v) is 3.06. The third kappa shape index (κ3) is 2.11. The van der Waals surface area contributed by atoms with E-state index in [4.69, 9.17) is 4.74 Å². The number of carbonyl (C=O) groups is 1. The van der Waals surface area contributed by atoms with Crippen molar-refractivity contribution >= 4 is 5.97 Å². The first-order valence-corrected chi connectivity index (χ1v) is 4.43. The van der Waals surface area contributed by atoms with Crippen LogP contribution in [0.4, 0.5) is 0 Å². The van der Waals surface area contributed by atoms with E-state index in [0.717, 1.165) is 6.42 Å². The van der Waals surface area contributed by atoms with E-state index in [0.29, 0.717) is 12.2 Å². The third-order valence-electron chi connectivity index (χ3n) is 2.03. The zero-order valence-electron chi connectivity index (χ0n) is 7.91. The molecule has 3 nitrogen and oxygen atoms in total. The van der Waals surface area contributed by atoms with Crippen LogP contribution in [0.25, 0.3) is 0 Å². The average molecular weight is 182 g/mol. The van der Waals surface area contributed by atoms with E-state index in [-0.39, 0.29) is 11.7 Å². The lowest BCUT2D eigenvalue weighted by molar-refractivity contribution is -0.139. The van der Waals surface area contributed by atoms with Gasteiger partial charge < -0.3 is 9.84 Å². The highest BCUT2D eigenvalue weighted by Crippen LogP contribution is 2.24. The van der Waals surface area contributed by atoms with Gasteiger partial charge in [-0.05, 0) is 25.3 Å². The monoisotopic (exact) mass is 182 g/mol. The summed E-state index contributed by atoms with van der Waals surface area (Å²) in [7, 11) is 0. The Morgan fingerprint density at radius 1 is 1.77 bits per heavy atom. The molecule has 0 saturated carbocycles. The first-order chi connectivity index (χ1) is 6.16. The van der Waals surface area contributed by atoms with Gasteiger partial charge in [-0.15, -0.1) is 0 Å². The van der Waals surface area contributed by atoms with Gasteiger partial charge >= 0.3 is 5.97 Å². The van der Waals surface area contributed by atoms with Crippen molar-refractivity contribution in [3.8, 4) is 0 Å². The molecule has 0 aliphatic heterocycles. The van der Waals surface area contributed by atoms with E-state index in [1.165, 1.54) is 0 Å². The maximum absolute atomic E-state index is 11.3. The fraction of sp³-hybridized carbons (Fsp3) is 0.500. The van der Waals surface area contributed by atoms with Crippen LogP contribution >= 0.6 is 0 Å². The minimum atomic E-state index is -0.406. The first-order valence-electron chi connectivity index (χ1n) is 4.43. The molecule has 1 aliphatic rings. The van der Waals surface area contributed by atoms with Crippen LogP contribution in [0.1, 0.15) is 20.3 Å². The molecule has 0 aromatic heterocycles. The highest BCUT2D eigenvalue weighted by molar-refractivity contribution is 5.90. The van der Waals surface area contributed by atoms with E-state index in [9.17, 15) is 9.90 Å². The molecule has 1 rings (SSSR count). The van der Waals surface area contributed by atoms with Crippen LogP contribution in [-0.2, 0) is 9.53 Å². The summed E-state index contributed by atoms with van der Waals surface area (Å²) >= 11 is 0. The summed E-state index contributed by atoms with van der Waals surface area (Å²) in [4.78, 5) is 11.3. The molecule has 72 valence electrons. The minimum absolute atomic E-state index is 0.0391. The zero-order chi connectivity index (χ0) is 9.84. The molecule has 0 fully saturated rings. The predicted molar refractivity (Wildman–Crippen MR) is 49.2 cm³/mol. The van der Waals surface area contributed by atoms with E-state index in [2.05, 4.69) is 0 Å². The predicted octanol–water partition coefficient (Wildman–Crippen LogP) is 1.96. The summed E-state index contributed by atoms with van der Waals surface area (Å²) in [6.07, 6.45) is 4.17. The molecule has 0 bridgehead atoms. The van der Waals surface area contributed by atoms with Crippen molar-refractivity contribution in [2.75, 3.05) is 6.61 Å². The molecule has 0 spiro atoms. The molecule has 0 amide bonds. The summed E-state index contributed by atoms with van der Waals surface area (Å²) in [6.45, 7) is 3.98. The lowest BCUT2D eigenvalue weighted by atomic mass is 9.92. The van der Waals surface area contributed by atoms with Crippen molar-refractivity contribution in [3.05, 3.63) is 23.5 Å². The molecule has 0 aromatic carbocycles. The summed E-state index contributed by atoms with van der Waals surface area (Å²) in [5, 5.41) is 9.43. The van der Waals surface area contributed by atoms with Crippen LogP contribution in [0.2, 0.25) is 0 Å². The molecular weight excluding hydrogens is 168 g/mol. The van der Waals surface area contributed by atoms with Crippen LogP contribution in [-0.4, -0.2) is 17.7 Å². The average Bonchev–Trinajstić information content (AvgIpc) is 2.04. The maximum atomic E-state index is 11.3. The number of hydrogen-bond acceptors (Lipinski definition) is 3. The molecule has 0 saturated heterocycles. The van der Waals surface area contributed by atoms with Gasteiger partial charge in [0.1, 0.15) is 5.76 Å². The molecule has 1 unspecified atom stereocenters. The largest absolute Gasteiger partial charge is 0.507 e. The molecule has 1 aliphatic carbocycles. The number of allylic oxidation sites excluding steroid dienone is 2. The highest BCUT2D eigenvalue weighted by Gasteiger charge is 2.23. The number of carbonyl (C=O) groups excluding carboxylic acids is 1. The lowest BCUT2D eigenvalue weighted by Crippen LogP contribution is -2.17. The van der Waals surface area contributed by atoms with Gasteiger partial charge in [0, 0.05) is 0 Å². The summed E-state index contributed by atoms with van der Waals surface area (Å²) < 4.78 is 4.83. The Bertz CT molecular complexity index is 263.